The summed E-state index contributed by atoms with van der Waals surface area (Å²) in [7, 11) is 1.56. The smallest absolute Gasteiger partial charge is 0.363 e. The Morgan fingerprint density at radius 3 is 2.27 bits per heavy atom. The molecule has 0 aliphatic carbocycles. The Morgan fingerprint density at radius 1 is 1.00 bits per heavy atom. The average Bonchev–Trinajstić information content (AvgIpc) is 2.64. The molecule has 0 amide bonds. The Hall–Kier alpha value is -3.13. The van der Waals surface area contributed by atoms with E-state index >= 15 is 0 Å². The van der Waals surface area contributed by atoms with Crippen LogP contribution in [0.4, 0.5) is 5.69 Å². The van der Waals surface area contributed by atoms with Gasteiger partial charge < -0.3 is 9.47 Å². The van der Waals surface area contributed by atoms with Crippen molar-refractivity contribution in [2.45, 2.75) is 16.8 Å². The first kappa shape index (κ1) is 17.7. The zero-order chi connectivity index (χ0) is 18.5. The quantitative estimate of drug-likeness (QED) is 0.355. The molecule has 3 rings (SSSR count). The topological polar surface area (TPSA) is 87.4 Å². The monoisotopic (exact) mass is 369 g/mol. The van der Waals surface area contributed by atoms with E-state index in [1.807, 2.05) is 31.2 Å². The van der Waals surface area contributed by atoms with E-state index in [1.54, 1.807) is 31.4 Å². The van der Waals surface area contributed by atoms with E-state index < -0.39 is 4.92 Å². The normalized spacial score (nSPS) is 10.4. The Bertz CT molecular complexity index is 915. The van der Waals surface area contributed by atoms with Crippen molar-refractivity contribution in [1.82, 2.24) is 9.97 Å². The number of aromatic nitrogens is 2. The van der Waals surface area contributed by atoms with Gasteiger partial charge >= 0.3 is 11.6 Å². The first-order valence-corrected chi connectivity index (χ1v) is 8.44. The molecule has 1 aromatic heterocycles. The predicted octanol–water partition coefficient (Wildman–Crippen LogP) is 4.65. The molecule has 0 radical (unpaired) electrons. The summed E-state index contributed by atoms with van der Waals surface area (Å²) in [6, 6.07) is 14.3. The number of nitro groups is 1. The molecule has 8 heteroatoms. The van der Waals surface area contributed by atoms with Crippen molar-refractivity contribution < 1.29 is 14.4 Å². The molecule has 2 aromatic carbocycles. The van der Waals surface area contributed by atoms with Crippen molar-refractivity contribution in [3.63, 3.8) is 0 Å². The predicted molar refractivity (Wildman–Crippen MR) is 97.1 cm³/mol. The van der Waals surface area contributed by atoms with Gasteiger partial charge in [0.2, 0.25) is 0 Å². The molecule has 0 N–H and O–H groups in total. The van der Waals surface area contributed by atoms with Crippen LogP contribution in [-0.2, 0) is 0 Å². The molecule has 0 atom stereocenters. The standard InChI is InChI=1S/C18H15N3O4S/c1-12-3-9-15(10-4-12)26-18-16(21(22)23)17(19-11-20-18)25-14-7-5-13(24-2)6-8-14/h3-11H,1-2H3. The minimum atomic E-state index is -0.532. The fourth-order valence-electron chi connectivity index (χ4n) is 2.13. The van der Waals surface area contributed by atoms with Gasteiger partial charge in [0.15, 0.2) is 5.03 Å². The van der Waals surface area contributed by atoms with E-state index in [4.69, 9.17) is 9.47 Å². The Kier molecular flexibility index (Phi) is 5.33. The second-order valence-electron chi connectivity index (χ2n) is 5.28. The number of rotatable bonds is 6. The molecule has 1 heterocycles. The summed E-state index contributed by atoms with van der Waals surface area (Å²) in [5.41, 5.74) is 0.837. The molecule has 0 aliphatic heterocycles. The fraction of sp³-hybridized carbons (Fsp3) is 0.111. The van der Waals surface area contributed by atoms with Crippen LogP contribution in [0.1, 0.15) is 5.56 Å². The molecular formula is C18H15N3O4S. The third-order valence-electron chi connectivity index (χ3n) is 3.45. The Morgan fingerprint density at radius 2 is 1.65 bits per heavy atom. The van der Waals surface area contributed by atoms with Gasteiger partial charge in [0.1, 0.15) is 17.8 Å². The van der Waals surface area contributed by atoms with Crippen LogP contribution in [0, 0.1) is 17.0 Å². The molecule has 0 saturated carbocycles. The molecule has 0 spiro atoms. The molecular weight excluding hydrogens is 354 g/mol. The molecule has 0 saturated heterocycles. The Labute approximate surface area is 154 Å². The average molecular weight is 369 g/mol. The molecule has 0 aliphatic rings. The second-order valence-corrected chi connectivity index (χ2v) is 6.34. The maximum atomic E-state index is 11.6. The van der Waals surface area contributed by atoms with E-state index in [9.17, 15) is 10.1 Å². The van der Waals surface area contributed by atoms with Gasteiger partial charge in [-0.05, 0) is 43.3 Å². The van der Waals surface area contributed by atoms with Crippen LogP contribution >= 0.6 is 11.8 Å². The molecule has 7 nitrogen and oxygen atoms in total. The lowest BCUT2D eigenvalue weighted by Gasteiger charge is -2.08. The highest BCUT2D eigenvalue weighted by Crippen LogP contribution is 2.39. The van der Waals surface area contributed by atoms with Crippen LogP contribution < -0.4 is 9.47 Å². The van der Waals surface area contributed by atoms with Gasteiger partial charge in [-0.3, -0.25) is 10.1 Å². The number of hydrogen-bond acceptors (Lipinski definition) is 7. The van der Waals surface area contributed by atoms with Crippen LogP contribution in [0.5, 0.6) is 17.4 Å². The lowest BCUT2D eigenvalue weighted by atomic mass is 10.2. The summed E-state index contributed by atoms with van der Waals surface area (Å²) in [5.74, 6) is 0.966. The second kappa shape index (κ2) is 7.83. The van der Waals surface area contributed by atoms with E-state index in [1.165, 1.54) is 18.1 Å². The van der Waals surface area contributed by atoms with Gasteiger partial charge in [0.25, 0.3) is 0 Å². The number of methoxy groups -OCH3 is 1. The van der Waals surface area contributed by atoms with Gasteiger partial charge in [-0.2, -0.15) is 4.98 Å². The van der Waals surface area contributed by atoms with Crippen LogP contribution in [0.25, 0.3) is 0 Å². The van der Waals surface area contributed by atoms with Gasteiger partial charge in [-0.1, -0.05) is 29.5 Å². The number of hydrogen-bond donors (Lipinski definition) is 0. The first-order valence-electron chi connectivity index (χ1n) is 7.62. The molecule has 0 bridgehead atoms. The van der Waals surface area contributed by atoms with Crippen molar-refractivity contribution in [3.05, 3.63) is 70.5 Å². The Balaban J connectivity index is 1.92. The van der Waals surface area contributed by atoms with Crippen molar-refractivity contribution in [2.75, 3.05) is 7.11 Å². The van der Waals surface area contributed by atoms with Crippen molar-refractivity contribution in [2.24, 2.45) is 0 Å². The van der Waals surface area contributed by atoms with Gasteiger partial charge in [-0.15, -0.1) is 0 Å². The summed E-state index contributed by atoms with van der Waals surface area (Å²) in [6.07, 6.45) is 1.25. The number of ether oxygens (including phenoxy) is 2. The fourth-order valence-corrected chi connectivity index (χ4v) is 2.98. The lowest BCUT2D eigenvalue weighted by molar-refractivity contribution is -0.389. The van der Waals surface area contributed by atoms with Crippen molar-refractivity contribution >= 4 is 17.4 Å². The maximum Gasteiger partial charge on any atom is 0.363 e. The SMILES string of the molecule is COc1ccc(Oc2ncnc(Sc3ccc(C)cc3)c2[N+](=O)[O-])cc1. The summed E-state index contributed by atoms with van der Waals surface area (Å²) in [6.45, 7) is 1.97. The third kappa shape index (κ3) is 4.09. The highest BCUT2D eigenvalue weighted by atomic mass is 32.2. The first-order chi connectivity index (χ1) is 12.6. The minimum absolute atomic E-state index is 0.107. The summed E-state index contributed by atoms with van der Waals surface area (Å²) >= 11 is 1.19. The van der Waals surface area contributed by atoms with E-state index in [0.717, 1.165) is 10.5 Å². The van der Waals surface area contributed by atoms with E-state index in [0.29, 0.717) is 11.5 Å². The van der Waals surface area contributed by atoms with Gasteiger partial charge in [0.05, 0.1) is 12.0 Å². The molecule has 0 unspecified atom stereocenters. The highest BCUT2D eigenvalue weighted by molar-refractivity contribution is 7.99. The zero-order valence-corrected chi connectivity index (χ0v) is 14.9. The summed E-state index contributed by atoms with van der Waals surface area (Å²) in [5, 5.41) is 11.8. The molecule has 26 heavy (non-hydrogen) atoms. The highest BCUT2D eigenvalue weighted by Gasteiger charge is 2.25. The van der Waals surface area contributed by atoms with E-state index in [2.05, 4.69) is 9.97 Å². The molecule has 3 aromatic rings. The lowest BCUT2D eigenvalue weighted by Crippen LogP contribution is -2.00. The van der Waals surface area contributed by atoms with Crippen LogP contribution in [0.3, 0.4) is 0 Å². The van der Waals surface area contributed by atoms with Crippen LogP contribution in [0.2, 0.25) is 0 Å². The molecule has 132 valence electrons. The molecule has 0 fully saturated rings. The number of benzene rings is 2. The zero-order valence-electron chi connectivity index (χ0n) is 14.1. The van der Waals surface area contributed by atoms with Crippen molar-refractivity contribution in [1.29, 1.82) is 0 Å². The van der Waals surface area contributed by atoms with Crippen LogP contribution in [0.15, 0.2) is 64.8 Å². The number of nitrogens with zero attached hydrogens (tertiary/aromatic N) is 3. The van der Waals surface area contributed by atoms with Gasteiger partial charge in [0, 0.05) is 4.90 Å². The third-order valence-corrected chi connectivity index (χ3v) is 4.45. The number of aryl methyl sites for hydroxylation is 1. The largest absolute Gasteiger partial charge is 0.497 e. The summed E-state index contributed by atoms with van der Waals surface area (Å²) in [4.78, 5) is 19.9. The maximum absolute atomic E-state index is 11.6. The van der Waals surface area contributed by atoms with Gasteiger partial charge in [-0.25, -0.2) is 4.98 Å². The minimum Gasteiger partial charge on any atom is -0.497 e. The van der Waals surface area contributed by atoms with Crippen molar-refractivity contribution in [3.8, 4) is 17.4 Å². The summed E-state index contributed by atoms with van der Waals surface area (Å²) < 4.78 is 10.7. The van der Waals surface area contributed by atoms with Crippen LogP contribution in [-0.4, -0.2) is 22.0 Å². The van der Waals surface area contributed by atoms with E-state index in [-0.39, 0.29) is 16.6 Å².